The van der Waals surface area contributed by atoms with Gasteiger partial charge in [-0.25, -0.2) is 15.0 Å². The number of amidine groups is 1. The lowest BCUT2D eigenvalue weighted by atomic mass is 9.96. The summed E-state index contributed by atoms with van der Waals surface area (Å²) in [6.07, 6.45) is 5.20. The van der Waals surface area contributed by atoms with Crippen molar-refractivity contribution in [3.8, 4) is 17.0 Å². The summed E-state index contributed by atoms with van der Waals surface area (Å²) in [5, 5.41) is 13.2. The molecule has 2 aliphatic rings. The van der Waals surface area contributed by atoms with Gasteiger partial charge in [0.25, 0.3) is 0 Å². The van der Waals surface area contributed by atoms with Crippen LogP contribution in [0.5, 0.6) is 5.88 Å². The van der Waals surface area contributed by atoms with Gasteiger partial charge in [0.15, 0.2) is 11.7 Å². The number of aliphatic carboxylic acids is 1. The van der Waals surface area contributed by atoms with E-state index >= 15 is 0 Å². The molecular weight excluding hydrogens is 384 g/mol. The van der Waals surface area contributed by atoms with Gasteiger partial charge in [-0.2, -0.15) is 5.10 Å². The Morgan fingerprint density at radius 2 is 2.00 bits per heavy atom. The molecule has 0 aliphatic carbocycles. The molecule has 2 aliphatic heterocycles. The Morgan fingerprint density at radius 1 is 1.20 bits per heavy atom. The van der Waals surface area contributed by atoms with E-state index in [2.05, 4.69) is 50.9 Å². The van der Waals surface area contributed by atoms with E-state index in [-0.39, 0.29) is 6.42 Å². The first-order valence-corrected chi connectivity index (χ1v) is 9.71. The third-order valence-electron chi connectivity index (χ3n) is 5.34. The van der Waals surface area contributed by atoms with E-state index in [0.717, 1.165) is 39.3 Å². The van der Waals surface area contributed by atoms with E-state index in [1.54, 1.807) is 10.9 Å². The Balaban J connectivity index is 1.46. The number of hydrogen-bond acceptors (Lipinski definition) is 7. The molecule has 0 bridgehead atoms. The van der Waals surface area contributed by atoms with E-state index in [9.17, 15) is 4.79 Å². The first kappa shape index (κ1) is 18.3. The van der Waals surface area contributed by atoms with Crippen LogP contribution in [0.4, 0.5) is 11.5 Å². The highest BCUT2D eigenvalue weighted by atomic mass is 16.5. The zero-order chi connectivity index (χ0) is 20.8. The van der Waals surface area contributed by atoms with Gasteiger partial charge in [-0.15, -0.1) is 0 Å². The fourth-order valence-corrected chi connectivity index (χ4v) is 4.02. The number of aliphatic imine (C=N–C) groups is 1. The fraction of sp³-hybridized carbons (Fsp3) is 0.286. The molecule has 4 heterocycles. The van der Waals surface area contributed by atoms with Crippen LogP contribution in [0.15, 0.2) is 35.8 Å². The van der Waals surface area contributed by atoms with E-state index in [4.69, 9.17) is 9.84 Å². The number of ether oxygens (including phenoxy) is 1. The molecule has 0 spiro atoms. The van der Waals surface area contributed by atoms with Crippen LogP contribution in [-0.4, -0.2) is 49.8 Å². The molecule has 2 aromatic heterocycles. The second-order valence-corrected chi connectivity index (χ2v) is 7.40. The van der Waals surface area contributed by atoms with Gasteiger partial charge < -0.3 is 14.7 Å². The Hall–Kier alpha value is -3.75. The minimum Gasteiger partial charge on any atom is -0.481 e. The van der Waals surface area contributed by atoms with Crippen molar-refractivity contribution in [3.63, 3.8) is 0 Å². The first-order chi connectivity index (χ1) is 14.5. The minimum atomic E-state index is -0.834. The number of anilines is 1. The smallest absolute Gasteiger partial charge is 0.305 e. The van der Waals surface area contributed by atoms with Crippen LogP contribution >= 0.6 is 0 Å². The molecule has 5 rings (SSSR count). The van der Waals surface area contributed by atoms with Gasteiger partial charge in [-0.1, -0.05) is 0 Å². The van der Waals surface area contributed by atoms with Crippen molar-refractivity contribution in [1.82, 2.24) is 19.7 Å². The van der Waals surface area contributed by atoms with E-state index in [1.165, 1.54) is 6.33 Å². The van der Waals surface area contributed by atoms with Crippen molar-refractivity contribution >= 4 is 23.3 Å². The second kappa shape index (κ2) is 6.94. The SMILES string of the molecule is Cc1cc(N2CCOc3ncnc4c3C2=N4)cc(C)c1-c1cnn(CCC(=O)O)c1. The third kappa shape index (κ3) is 2.99. The number of nitrogens with zero attached hydrogens (tertiary/aromatic N) is 6. The maximum absolute atomic E-state index is 10.8. The molecule has 1 N–H and O–H groups in total. The summed E-state index contributed by atoms with van der Waals surface area (Å²) in [6.45, 7) is 5.67. The van der Waals surface area contributed by atoms with Gasteiger partial charge in [0.05, 0.1) is 25.7 Å². The average molecular weight is 404 g/mol. The number of rotatable bonds is 5. The predicted octanol–water partition coefficient (Wildman–Crippen LogP) is 2.72. The molecule has 9 heteroatoms. The van der Waals surface area contributed by atoms with Crippen LogP contribution in [0.1, 0.15) is 23.1 Å². The zero-order valence-corrected chi connectivity index (χ0v) is 16.7. The molecule has 0 saturated heterocycles. The maximum Gasteiger partial charge on any atom is 0.305 e. The van der Waals surface area contributed by atoms with Gasteiger partial charge in [0, 0.05) is 17.4 Å². The summed E-state index contributed by atoms with van der Waals surface area (Å²) in [7, 11) is 0. The summed E-state index contributed by atoms with van der Waals surface area (Å²) in [6, 6.07) is 4.26. The van der Waals surface area contributed by atoms with Gasteiger partial charge >= 0.3 is 5.97 Å². The van der Waals surface area contributed by atoms with Gasteiger partial charge in [0.2, 0.25) is 5.88 Å². The number of aromatic nitrogens is 4. The third-order valence-corrected chi connectivity index (χ3v) is 5.34. The predicted molar refractivity (Wildman–Crippen MR) is 110 cm³/mol. The Labute approximate surface area is 172 Å². The minimum absolute atomic E-state index is 0.0460. The molecular formula is C21H20N6O3. The van der Waals surface area contributed by atoms with Gasteiger partial charge in [-0.3, -0.25) is 9.48 Å². The Kier molecular flexibility index (Phi) is 4.23. The normalized spacial score (nSPS) is 14.3. The average Bonchev–Trinajstić information content (AvgIpc) is 3.06. The lowest BCUT2D eigenvalue weighted by molar-refractivity contribution is -0.137. The fourth-order valence-electron chi connectivity index (χ4n) is 4.02. The molecule has 0 radical (unpaired) electrons. The molecule has 1 aromatic carbocycles. The van der Waals surface area contributed by atoms with Crippen LogP contribution in [-0.2, 0) is 11.3 Å². The summed E-state index contributed by atoms with van der Waals surface area (Å²) < 4.78 is 7.45. The van der Waals surface area contributed by atoms with Crippen LogP contribution in [0.2, 0.25) is 0 Å². The first-order valence-electron chi connectivity index (χ1n) is 9.71. The van der Waals surface area contributed by atoms with Crippen LogP contribution in [0, 0.1) is 13.8 Å². The summed E-state index contributed by atoms with van der Waals surface area (Å²) >= 11 is 0. The summed E-state index contributed by atoms with van der Waals surface area (Å²) in [4.78, 5) is 25.9. The van der Waals surface area contributed by atoms with Crippen LogP contribution < -0.4 is 9.64 Å². The van der Waals surface area contributed by atoms with E-state index in [1.807, 2.05) is 6.20 Å². The Morgan fingerprint density at radius 3 is 2.77 bits per heavy atom. The largest absolute Gasteiger partial charge is 0.481 e. The Bertz CT molecular complexity index is 1180. The quantitative estimate of drug-likeness (QED) is 0.697. The lowest BCUT2D eigenvalue weighted by Crippen LogP contribution is -2.35. The van der Waals surface area contributed by atoms with Crippen molar-refractivity contribution in [1.29, 1.82) is 0 Å². The number of aryl methyl sites for hydroxylation is 3. The molecule has 0 unspecified atom stereocenters. The lowest BCUT2D eigenvalue weighted by Gasteiger charge is -2.29. The van der Waals surface area contributed by atoms with Crippen molar-refractivity contribution in [3.05, 3.63) is 47.5 Å². The van der Waals surface area contributed by atoms with Crippen LogP contribution in [0.25, 0.3) is 11.1 Å². The molecule has 0 saturated carbocycles. The van der Waals surface area contributed by atoms with Gasteiger partial charge in [0.1, 0.15) is 18.5 Å². The van der Waals surface area contributed by atoms with Gasteiger partial charge in [-0.05, 0) is 42.7 Å². The number of carboxylic acid groups (broad SMARTS) is 1. The highest BCUT2D eigenvalue weighted by Gasteiger charge is 2.34. The summed E-state index contributed by atoms with van der Waals surface area (Å²) in [5.74, 6) is 1.26. The number of carbonyl (C=O) groups is 1. The van der Waals surface area contributed by atoms with Crippen LogP contribution in [0.3, 0.4) is 0 Å². The molecule has 0 amide bonds. The topological polar surface area (TPSA) is 106 Å². The number of hydrogen-bond donors (Lipinski definition) is 1. The zero-order valence-electron chi connectivity index (χ0n) is 16.7. The number of carboxylic acids is 1. The number of benzene rings is 1. The van der Waals surface area contributed by atoms with E-state index in [0.29, 0.717) is 31.4 Å². The summed E-state index contributed by atoms with van der Waals surface area (Å²) in [5.41, 5.74) is 6.20. The van der Waals surface area contributed by atoms with Crippen molar-refractivity contribution in [2.75, 3.05) is 18.1 Å². The molecule has 9 nitrogen and oxygen atoms in total. The maximum atomic E-state index is 10.8. The standard InChI is InChI=1S/C21H20N6O3/c1-12-7-15(27-5-6-30-21-18-19(22-11-23-21)25-20(18)27)8-13(2)17(12)14-9-24-26(10-14)4-3-16(28)29/h7-11H,3-6H2,1-2H3,(H,28,29). The molecule has 30 heavy (non-hydrogen) atoms. The molecule has 3 aromatic rings. The van der Waals surface area contributed by atoms with Crippen molar-refractivity contribution in [2.45, 2.75) is 26.8 Å². The molecule has 152 valence electrons. The van der Waals surface area contributed by atoms with Crippen molar-refractivity contribution in [2.24, 2.45) is 4.99 Å². The highest BCUT2D eigenvalue weighted by Crippen LogP contribution is 2.39. The highest BCUT2D eigenvalue weighted by molar-refractivity contribution is 6.20. The monoisotopic (exact) mass is 404 g/mol. The van der Waals surface area contributed by atoms with Crippen molar-refractivity contribution < 1.29 is 14.6 Å². The second-order valence-electron chi connectivity index (χ2n) is 7.40. The molecule has 0 atom stereocenters. The van der Waals surface area contributed by atoms with E-state index < -0.39 is 5.97 Å². The molecule has 0 fully saturated rings.